The molecule has 3 N–H and O–H groups in total. The van der Waals surface area contributed by atoms with Crippen LogP contribution in [0.1, 0.15) is 32.6 Å². The van der Waals surface area contributed by atoms with Crippen molar-refractivity contribution in [1.82, 2.24) is 4.90 Å². The van der Waals surface area contributed by atoms with Gasteiger partial charge in [-0.3, -0.25) is 4.79 Å². The van der Waals surface area contributed by atoms with Crippen LogP contribution in [-0.2, 0) is 4.79 Å². The third kappa shape index (κ3) is 5.40. The van der Waals surface area contributed by atoms with Gasteiger partial charge in [0, 0.05) is 13.6 Å². The van der Waals surface area contributed by atoms with Gasteiger partial charge in [0.1, 0.15) is 5.84 Å². The predicted molar refractivity (Wildman–Crippen MR) is 55.2 cm³/mol. The van der Waals surface area contributed by atoms with Crippen molar-refractivity contribution in [1.29, 1.82) is 0 Å². The molecule has 0 aliphatic heterocycles. The van der Waals surface area contributed by atoms with E-state index in [2.05, 4.69) is 12.1 Å². The molecule has 0 fully saturated rings. The maximum Gasteiger partial charge on any atom is 0.230 e. The van der Waals surface area contributed by atoms with E-state index in [1.54, 1.807) is 11.9 Å². The summed E-state index contributed by atoms with van der Waals surface area (Å²) in [5, 5.41) is 11.0. The van der Waals surface area contributed by atoms with E-state index in [1.807, 2.05) is 0 Å². The van der Waals surface area contributed by atoms with Crippen molar-refractivity contribution in [3.8, 4) is 0 Å². The van der Waals surface area contributed by atoms with Gasteiger partial charge in [-0.15, -0.1) is 0 Å². The Balaban J connectivity index is 3.76. The maximum atomic E-state index is 11.4. The zero-order valence-corrected chi connectivity index (χ0v) is 8.86. The molecule has 5 nitrogen and oxygen atoms in total. The Morgan fingerprint density at radius 2 is 2.14 bits per heavy atom. The Morgan fingerprint density at radius 3 is 2.64 bits per heavy atom. The van der Waals surface area contributed by atoms with Crippen LogP contribution in [0.15, 0.2) is 5.16 Å². The number of carbonyl (C=O) groups is 1. The number of rotatable bonds is 6. The van der Waals surface area contributed by atoms with Gasteiger partial charge in [0.15, 0.2) is 0 Å². The third-order valence-electron chi connectivity index (χ3n) is 1.98. The lowest BCUT2D eigenvalue weighted by atomic mass is 10.2. The molecule has 82 valence electrons. The fraction of sp³-hybridized carbons (Fsp3) is 0.778. The molecular formula is C9H19N3O2. The molecule has 1 amide bonds. The van der Waals surface area contributed by atoms with Crippen molar-refractivity contribution >= 4 is 11.7 Å². The number of carbonyl (C=O) groups excluding carboxylic acids is 1. The molecule has 0 aromatic carbocycles. The quantitative estimate of drug-likeness (QED) is 0.219. The average Bonchev–Trinajstić information content (AvgIpc) is 2.17. The summed E-state index contributed by atoms with van der Waals surface area (Å²) < 4.78 is 0. The molecule has 0 atom stereocenters. The summed E-state index contributed by atoms with van der Waals surface area (Å²) in [6.07, 6.45) is 3.22. The van der Waals surface area contributed by atoms with Crippen LogP contribution < -0.4 is 5.73 Å². The van der Waals surface area contributed by atoms with E-state index in [0.717, 1.165) is 25.8 Å². The number of amidine groups is 1. The van der Waals surface area contributed by atoms with Gasteiger partial charge in [-0.05, 0) is 6.42 Å². The van der Waals surface area contributed by atoms with Crippen LogP contribution in [-0.4, -0.2) is 35.4 Å². The van der Waals surface area contributed by atoms with E-state index in [0.29, 0.717) is 0 Å². The zero-order valence-electron chi connectivity index (χ0n) is 8.86. The molecule has 0 aliphatic rings. The molecule has 0 unspecified atom stereocenters. The Labute approximate surface area is 84.6 Å². The normalized spacial score (nSPS) is 11.4. The van der Waals surface area contributed by atoms with Gasteiger partial charge in [0.25, 0.3) is 0 Å². The van der Waals surface area contributed by atoms with Crippen molar-refractivity contribution in [2.45, 2.75) is 32.6 Å². The highest BCUT2D eigenvalue weighted by Crippen LogP contribution is 1.98. The topological polar surface area (TPSA) is 78.9 Å². The number of hydrogen-bond donors (Lipinski definition) is 2. The minimum Gasteiger partial charge on any atom is -0.409 e. The molecule has 0 rings (SSSR count). The van der Waals surface area contributed by atoms with Gasteiger partial charge in [-0.1, -0.05) is 24.9 Å². The Bertz CT molecular complexity index is 204. The van der Waals surface area contributed by atoms with Crippen molar-refractivity contribution < 1.29 is 10.0 Å². The summed E-state index contributed by atoms with van der Waals surface area (Å²) in [6, 6.07) is 0. The van der Waals surface area contributed by atoms with Crippen LogP contribution in [0.2, 0.25) is 0 Å². The van der Waals surface area contributed by atoms with E-state index in [-0.39, 0.29) is 18.2 Å². The summed E-state index contributed by atoms with van der Waals surface area (Å²) >= 11 is 0. The second-order valence-electron chi connectivity index (χ2n) is 3.29. The van der Waals surface area contributed by atoms with Gasteiger partial charge in [-0.25, -0.2) is 0 Å². The highest BCUT2D eigenvalue weighted by Gasteiger charge is 2.09. The Hall–Kier alpha value is -1.26. The molecule has 0 spiro atoms. The maximum absolute atomic E-state index is 11.4. The second-order valence-corrected chi connectivity index (χ2v) is 3.29. The van der Waals surface area contributed by atoms with E-state index in [4.69, 9.17) is 10.9 Å². The largest absolute Gasteiger partial charge is 0.409 e. The van der Waals surface area contributed by atoms with Crippen molar-refractivity contribution in [2.24, 2.45) is 10.9 Å². The van der Waals surface area contributed by atoms with Gasteiger partial charge < -0.3 is 15.8 Å². The molecule has 0 saturated heterocycles. The van der Waals surface area contributed by atoms with E-state index >= 15 is 0 Å². The third-order valence-corrected chi connectivity index (χ3v) is 1.98. The lowest BCUT2D eigenvalue weighted by Gasteiger charge is -2.16. The first-order valence-electron chi connectivity index (χ1n) is 4.82. The van der Waals surface area contributed by atoms with E-state index in [1.165, 1.54) is 0 Å². The Kier molecular flexibility index (Phi) is 6.53. The minimum absolute atomic E-state index is 0.0148. The van der Waals surface area contributed by atoms with Crippen LogP contribution in [0.25, 0.3) is 0 Å². The second kappa shape index (κ2) is 7.17. The fourth-order valence-electron chi connectivity index (χ4n) is 1.05. The molecule has 0 saturated carbocycles. The standard InChI is InChI=1S/C9H19N3O2/c1-3-4-5-6-12(2)9(13)7-8(10)11-14/h14H,3-7H2,1-2H3,(H2,10,11). The summed E-state index contributed by atoms with van der Waals surface area (Å²) in [5.41, 5.74) is 5.22. The molecule has 14 heavy (non-hydrogen) atoms. The highest BCUT2D eigenvalue weighted by atomic mass is 16.4. The predicted octanol–water partition coefficient (Wildman–Crippen LogP) is 0.771. The van der Waals surface area contributed by atoms with Crippen LogP contribution >= 0.6 is 0 Å². The van der Waals surface area contributed by atoms with E-state index in [9.17, 15) is 4.79 Å². The first-order valence-corrected chi connectivity index (χ1v) is 4.82. The number of nitrogens with two attached hydrogens (primary N) is 1. The average molecular weight is 201 g/mol. The number of amides is 1. The number of nitrogens with zero attached hydrogens (tertiary/aromatic N) is 2. The van der Waals surface area contributed by atoms with Crippen LogP contribution in [0.4, 0.5) is 0 Å². The molecule has 0 aromatic rings. The number of hydrogen-bond acceptors (Lipinski definition) is 3. The summed E-state index contributed by atoms with van der Waals surface area (Å²) in [4.78, 5) is 13.0. The van der Waals surface area contributed by atoms with Crippen LogP contribution in [0.5, 0.6) is 0 Å². The molecule has 0 radical (unpaired) electrons. The van der Waals surface area contributed by atoms with Crippen LogP contribution in [0, 0.1) is 0 Å². The summed E-state index contributed by atoms with van der Waals surface area (Å²) in [5.74, 6) is -0.159. The first kappa shape index (κ1) is 12.7. The molecular weight excluding hydrogens is 182 g/mol. The molecule has 0 heterocycles. The van der Waals surface area contributed by atoms with Crippen molar-refractivity contribution in [2.75, 3.05) is 13.6 Å². The molecule has 5 heteroatoms. The zero-order chi connectivity index (χ0) is 11.0. The van der Waals surface area contributed by atoms with E-state index < -0.39 is 0 Å². The summed E-state index contributed by atoms with van der Waals surface area (Å²) in [7, 11) is 1.72. The van der Waals surface area contributed by atoms with Crippen LogP contribution in [0.3, 0.4) is 0 Å². The van der Waals surface area contributed by atoms with Gasteiger partial charge in [0.05, 0.1) is 6.42 Å². The SMILES string of the molecule is CCCCCN(C)C(=O)C/C(N)=N/O. The molecule has 0 aliphatic carbocycles. The minimum atomic E-state index is -0.114. The lowest BCUT2D eigenvalue weighted by molar-refractivity contribution is -0.128. The van der Waals surface area contributed by atoms with Crippen molar-refractivity contribution in [3.63, 3.8) is 0 Å². The number of oxime groups is 1. The van der Waals surface area contributed by atoms with Crippen molar-refractivity contribution in [3.05, 3.63) is 0 Å². The first-order chi connectivity index (χ1) is 6.61. The molecule has 0 aromatic heterocycles. The van der Waals surface area contributed by atoms with Gasteiger partial charge in [0.2, 0.25) is 5.91 Å². The smallest absolute Gasteiger partial charge is 0.230 e. The summed E-state index contributed by atoms with van der Waals surface area (Å²) in [6.45, 7) is 2.84. The molecule has 0 bridgehead atoms. The highest BCUT2D eigenvalue weighted by molar-refractivity contribution is 5.98. The number of unbranched alkanes of at least 4 members (excludes halogenated alkanes) is 2. The Morgan fingerprint density at radius 1 is 1.50 bits per heavy atom. The lowest BCUT2D eigenvalue weighted by Crippen LogP contribution is -2.31. The fourth-order valence-corrected chi connectivity index (χ4v) is 1.05. The van der Waals surface area contributed by atoms with Gasteiger partial charge >= 0.3 is 0 Å². The van der Waals surface area contributed by atoms with Gasteiger partial charge in [-0.2, -0.15) is 0 Å². The monoisotopic (exact) mass is 201 g/mol.